The zero-order chi connectivity index (χ0) is 10.2. The molecule has 1 unspecified atom stereocenters. The highest BCUT2D eigenvalue weighted by Gasteiger charge is 2.01. The number of benzene rings is 1. The molecule has 0 amide bonds. The second-order valence-corrected chi connectivity index (χ2v) is 3.48. The Morgan fingerprint density at radius 3 is 2.47 bits per heavy atom. The summed E-state index contributed by atoms with van der Waals surface area (Å²) in [5.41, 5.74) is 1.34. The van der Waals surface area contributed by atoms with Gasteiger partial charge in [-0.25, -0.2) is 0 Å². The lowest BCUT2D eigenvalue weighted by atomic mass is 10.1. The van der Waals surface area contributed by atoms with E-state index >= 15 is 0 Å². The molecule has 1 aromatic rings. The number of halogens is 1. The Morgan fingerprint density at radius 1 is 1.27 bits per heavy atom. The van der Waals surface area contributed by atoms with E-state index in [0.29, 0.717) is 0 Å². The maximum Gasteiger partial charge on any atom is 0.0584 e. The summed E-state index contributed by atoms with van der Waals surface area (Å²) in [7, 11) is 0. The van der Waals surface area contributed by atoms with E-state index in [-0.39, 0.29) is 25.1 Å². The van der Waals surface area contributed by atoms with E-state index in [1.165, 1.54) is 5.56 Å². The van der Waals surface area contributed by atoms with Crippen LogP contribution in [0.3, 0.4) is 0 Å². The average molecular weight is 230 g/mol. The molecule has 0 saturated heterocycles. The molecule has 0 heterocycles. The summed E-state index contributed by atoms with van der Waals surface area (Å²) in [5, 5.41) is 12.3. The fourth-order valence-electron chi connectivity index (χ4n) is 1.40. The van der Waals surface area contributed by atoms with Crippen molar-refractivity contribution in [2.24, 2.45) is 0 Å². The minimum Gasteiger partial charge on any atom is -0.395 e. The molecular weight excluding hydrogens is 210 g/mol. The minimum absolute atomic E-state index is 0. The van der Waals surface area contributed by atoms with Crippen LogP contribution in [0.1, 0.15) is 18.9 Å². The molecule has 0 spiro atoms. The summed E-state index contributed by atoms with van der Waals surface area (Å²) < 4.78 is 0. The molecule has 15 heavy (non-hydrogen) atoms. The lowest BCUT2D eigenvalue weighted by Gasteiger charge is -2.13. The SMILES string of the molecule is CCC(CO)NCCc1ccccc1.Cl. The normalized spacial score (nSPS) is 11.9. The molecule has 0 bridgehead atoms. The van der Waals surface area contributed by atoms with Crippen molar-refractivity contribution in [3.8, 4) is 0 Å². The molecule has 0 saturated carbocycles. The summed E-state index contributed by atoms with van der Waals surface area (Å²) in [6, 6.07) is 10.6. The zero-order valence-corrected chi connectivity index (χ0v) is 9.96. The van der Waals surface area contributed by atoms with Gasteiger partial charge in [0.25, 0.3) is 0 Å². The van der Waals surface area contributed by atoms with Crippen molar-refractivity contribution in [1.82, 2.24) is 5.32 Å². The molecule has 0 aliphatic rings. The number of rotatable bonds is 6. The summed E-state index contributed by atoms with van der Waals surface area (Å²) in [6.45, 7) is 3.24. The molecule has 0 aromatic heterocycles. The molecule has 1 aromatic carbocycles. The third-order valence-corrected chi connectivity index (χ3v) is 2.40. The van der Waals surface area contributed by atoms with Gasteiger partial charge in [-0.15, -0.1) is 12.4 Å². The number of hydrogen-bond donors (Lipinski definition) is 2. The third kappa shape index (κ3) is 5.78. The van der Waals surface area contributed by atoms with Crippen molar-refractivity contribution in [2.45, 2.75) is 25.8 Å². The minimum atomic E-state index is 0. The van der Waals surface area contributed by atoms with Crippen molar-refractivity contribution in [1.29, 1.82) is 0 Å². The first-order valence-corrected chi connectivity index (χ1v) is 5.25. The van der Waals surface area contributed by atoms with Crippen LogP contribution in [0, 0.1) is 0 Å². The van der Waals surface area contributed by atoms with E-state index in [1.54, 1.807) is 0 Å². The first-order valence-electron chi connectivity index (χ1n) is 5.25. The van der Waals surface area contributed by atoms with Crippen molar-refractivity contribution in [3.05, 3.63) is 35.9 Å². The number of hydrogen-bond acceptors (Lipinski definition) is 2. The molecule has 3 heteroatoms. The molecular formula is C12H20ClNO. The predicted molar refractivity (Wildman–Crippen MR) is 66.6 cm³/mol. The zero-order valence-electron chi connectivity index (χ0n) is 9.15. The van der Waals surface area contributed by atoms with Gasteiger partial charge in [-0.3, -0.25) is 0 Å². The van der Waals surface area contributed by atoms with Gasteiger partial charge in [0.2, 0.25) is 0 Å². The smallest absolute Gasteiger partial charge is 0.0584 e. The van der Waals surface area contributed by atoms with Gasteiger partial charge in [-0.1, -0.05) is 37.3 Å². The van der Waals surface area contributed by atoms with E-state index < -0.39 is 0 Å². The van der Waals surface area contributed by atoms with Crippen LogP contribution < -0.4 is 5.32 Å². The fourth-order valence-corrected chi connectivity index (χ4v) is 1.40. The fraction of sp³-hybridized carbons (Fsp3) is 0.500. The Labute approximate surface area is 98.1 Å². The molecule has 86 valence electrons. The van der Waals surface area contributed by atoms with E-state index in [9.17, 15) is 0 Å². The maximum atomic E-state index is 8.96. The largest absolute Gasteiger partial charge is 0.395 e. The Morgan fingerprint density at radius 2 is 1.93 bits per heavy atom. The van der Waals surface area contributed by atoms with Crippen LogP contribution in [0.25, 0.3) is 0 Å². The van der Waals surface area contributed by atoms with E-state index in [4.69, 9.17) is 5.11 Å². The number of aliphatic hydroxyl groups excluding tert-OH is 1. The van der Waals surface area contributed by atoms with Gasteiger partial charge < -0.3 is 10.4 Å². The predicted octanol–water partition coefficient (Wildman–Crippen LogP) is 2.01. The van der Waals surface area contributed by atoms with Gasteiger partial charge in [0.15, 0.2) is 0 Å². The van der Waals surface area contributed by atoms with Gasteiger partial charge in [0, 0.05) is 6.04 Å². The van der Waals surface area contributed by atoms with Crippen molar-refractivity contribution in [3.63, 3.8) is 0 Å². The summed E-state index contributed by atoms with van der Waals surface area (Å²) in [5.74, 6) is 0. The Balaban J connectivity index is 0.00000196. The second kappa shape index (κ2) is 8.72. The van der Waals surface area contributed by atoms with E-state index in [1.807, 2.05) is 6.07 Å². The van der Waals surface area contributed by atoms with E-state index in [2.05, 4.69) is 36.5 Å². The Bertz CT molecular complexity index is 237. The van der Waals surface area contributed by atoms with Crippen molar-refractivity contribution < 1.29 is 5.11 Å². The molecule has 0 fully saturated rings. The molecule has 1 rings (SSSR count). The molecule has 2 nitrogen and oxygen atoms in total. The molecule has 0 aliphatic heterocycles. The average Bonchev–Trinajstić information content (AvgIpc) is 2.26. The summed E-state index contributed by atoms with van der Waals surface area (Å²) in [6.07, 6.45) is 2.00. The van der Waals surface area contributed by atoms with Crippen LogP contribution >= 0.6 is 12.4 Å². The van der Waals surface area contributed by atoms with Crippen molar-refractivity contribution >= 4 is 12.4 Å². The highest BCUT2D eigenvalue weighted by atomic mass is 35.5. The topological polar surface area (TPSA) is 32.3 Å². The standard InChI is InChI=1S/C12H19NO.ClH/c1-2-12(10-14)13-9-8-11-6-4-3-5-7-11;/h3-7,12-14H,2,8-10H2,1H3;1H. The van der Waals surface area contributed by atoms with Gasteiger partial charge in [-0.2, -0.15) is 0 Å². The number of aliphatic hydroxyl groups is 1. The van der Waals surface area contributed by atoms with Gasteiger partial charge >= 0.3 is 0 Å². The second-order valence-electron chi connectivity index (χ2n) is 3.48. The van der Waals surface area contributed by atoms with Crippen LogP contribution in [-0.2, 0) is 6.42 Å². The van der Waals surface area contributed by atoms with Crippen LogP contribution in [-0.4, -0.2) is 24.3 Å². The lowest BCUT2D eigenvalue weighted by molar-refractivity contribution is 0.240. The van der Waals surface area contributed by atoms with E-state index in [0.717, 1.165) is 19.4 Å². The van der Waals surface area contributed by atoms with Crippen LogP contribution in [0.5, 0.6) is 0 Å². The highest BCUT2D eigenvalue weighted by molar-refractivity contribution is 5.85. The summed E-state index contributed by atoms with van der Waals surface area (Å²) >= 11 is 0. The van der Waals surface area contributed by atoms with Gasteiger partial charge in [-0.05, 0) is 24.9 Å². The van der Waals surface area contributed by atoms with Crippen molar-refractivity contribution in [2.75, 3.05) is 13.2 Å². The summed E-state index contributed by atoms with van der Waals surface area (Å²) in [4.78, 5) is 0. The first kappa shape index (κ1) is 14.4. The van der Waals surface area contributed by atoms with Crippen LogP contribution in [0.15, 0.2) is 30.3 Å². The van der Waals surface area contributed by atoms with Crippen LogP contribution in [0.2, 0.25) is 0 Å². The molecule has 1 atom stereocenters. The lowest BCUT2D eigenvalue weighted by Crippen LogP contribution is -2.33. The quantitative estimate of drug-likeness (QED) is 0.782. The number of nitrogens with one attached hydrogen (secondary N) is 1. The maximum absolute atomic E-state index is 8.96. The highest BCUT2D eigenvalue weighted by Crippen LogP contribution is 1.98. The monoisotopic (exact) mass is 229 g/mol. The molecule has 0 aliphatic carbocycles. The molecule has 0 radical (unpaired) electrons. The van der Waals surface area contributed by atoms with Gasteiger partial charge in [0.1, 0.15) is 0 Å². The first-order chi connectivity index (χ1) is 6.86. The third-order valence-electron chi connectivity index (χ3n) is 2.40. The molecule has 2 N–H and O–H groups in total. The Hall–Kier alpha value is -0.570. The van der Waals surface area contributed by atoms with Crippen LogP contribution in [0.4, 0.5) is 0 Å². The Kier molecular flexibility index (Phi) is 8.38. The van der Waals surface area contributed by atoms with Gasteiger partial charge in [0.05, 0.1) is 6.61 Å².